The Morgan fingerprint density at radius 2 is 1.79 bits per heavy atom. The monoisotopic (exact) mass is 673 g/mol. The number of benzene rings is 2. The van der Waals surface area contributed by atoms with Gasteiger partial charge in [-0.3, -0.25) is 9.11 Å². The number of thiazole rings is 1. The molecule has 2 aromatic carbocycles. The summed E-state index contributed by atoms with van der Waals surface area (Å²) in [5.41, 5.74) is 3.94. The predicted octanol–water partition coefficient (Wildman–Crippen LogP) is 6.35. The van der Waals surface area contributed by atoms with Crippen molar-refractivity contribution < 1.29 is 35.2 Å². The van der Waals surface area contributed by atoms with Gasteiger partial charge in [0.2, 0.25) is 5.52 Å². The summed E-state index contributed by atoms with van der Waals surface area (Å²) in [5.74, 6) is 0.167. The summed E-state index contributed by atoms with van der Waals surface area (Å²) < 4.78 is 72.4. The number of hydrogen-bond donors (Lipinski definition) is 2. The van der Waals surface area contributed by atoms with Gasteiger partial charge in [-0.2, -0.15) is 21.4 Å². The molecule has 0 saturated heterocycles. The van der Waals surface area contributed by atoms with Gasteiger partial charge in [0.25, 0.3) is 25.2 Å². The van der Waals surface area contributed by atoms with E-state index in [4.69, 9.17) is 20.9 Å². The second-order valence-corrected chi connectivity index (χ2v) is 15.6. The van der Waals surface area contributed by atoms with Crippen molar-refractivity contribution in [1.82, 2.24) is 0 Å². The van der Waals surface area contributed by atoms with E-state index in [-0.39, 0.29) is 17.9 Å². The van der Waals surface area contributed by atoms with Crippen LogP contribution in [0.2, 0.25) is 5.02 Å². The molecule has 1 aliphatic rings. The van der Waals surface area contributed by atoms with Gasteiger partial charge in [-0.15, -0.1) is 0 Å². The zero-order valence-corrected chi connectivity index (χ0v) is 27.6. The minimum Gasteiger partial charge on any atom is -0.496 e. The molecular formula is C28H34ClN2O7S4+. The van der Waals surface area contributed by atoms with E-state index in [1.807, 2.05) is 36.1 Å². The number of rotatable bonds is 13. The first kappa shape index (κ1) is 32.8. The standard InChI is InChI=1S/C28H33ClN2O7S4/c1-4-20(15-27-31(11-7-13-42(35,36)37)23-17-21(29)8-9-25(23)39-27)16-28-30(10-5-6-12-41(32,33)34)22-14-19(2)24(38-3)18-26(22)40-28/h8-9,14-18H,4-7,10-13H2,1-3H3,(H-,32,33,34,35,36,37)/p+1. The molecule has 0 bridgehead atoms. The molecule has 1 aliphatic heterocycles. The van der Waals surface area contributed by atoms with Gasteiger partial charge in [-0.1, -0.05) is 41.6 Å². The van der Waals surface area contributed by atoms with Gasteiger partial charge in [-0.05, 0) is 61.6 Å². The van der Waals surface area contributed by atoms with E-state index in [0.29, 0.717) is 31.0 Å². The fraction of sp³-hybridized carbons (Fsp3) is 0.393. The minimum atomic E-state index is -4.08. The molecule has 0 atom stereocenters. The molecule has 4 rings (SSSR count). The van der Waals surface area contributed by atoms with Crippen LogP contribution in [0.25, 0.3) is 16.3 Å². The van der Waals surface area contributed by atoms with Crippen LogP contribution >= 0.6 is 34.7 Å². The van der Waals surface area contributed by atoms with Crippen LogP contribution in [0.1, 0.15) is 43.2 Å². The van der Waals surface area contributed by atoms with E-state index in [0.717, 1.165) is 54.1 Å². The molecule has 2 heterocycles. The second kappa shape index (κ2) is 13.7. The Morgan fingerprint density at radius 3 is 2.45 bits per heavy atom. The maximum absolute atomic E-state index is 11.4. The Hall–Kier alpha value is -2.13. The fourth-order valence-corrected chi connectivity index (χ4v) is 8.28. The molecule has 1 aromatic heterocycles. The smallest absolute Gasteiger partial charge is 0.264 e. The Labute approximate surface area is 260 Å². The second-order valence-electron chi connectivity index (χ2n) is 9.94. The lowest BCUT2D eigenvalue weighted by atomic mass is 10.1. The van der Waals surface area contributed by atoms with Gasteiger partial charge in [0, 0.05) is 41.1 Å². The summed E-state index contributed by atoms with van der Waals surface area (Å²) in [4.78, 5) is 3.04. The Morgan fingerprint density at radius 1 is 1.07 bits per heavy atom. The van der Waals surface area contributed by atoms with Gasteiger partial charge in [0.15, 0.2) is 6.54 Å². The third kappa shape index (κ3) is 8.49. The SMILES string of the molecule is CCC(=Cc1sc2cc(OC)c(C)cc2[n+]1CCCCS(=O)(=O)O)C=C1Sc2ccc(Cl)cc2N1CCCS(=O)(=O)O. The van der Waals surface area contributed by atoms with Crippen LogP contribution in [0.5, 0.6) is 5.75 Å². The first-order valence-electron chi connectivity index (χ1n) is 13.4. The lowest BCUT2D eigenvalue weighted by Gasteiger charge is -2.20. The molecule has 14 heteroatoms. The van der Waals surface area contributed by atoms with Crippen LogP contribution in [0.3, 0.4) is 0 Å². The zero-order valence-electron chi connectivity index (χ0n) is 23.5. The molecule has 42 heavy (non-hydrogen) atoms. The molecule has 0 amide bonds. The van der Waals surface area contributed by atoms with Gasteiger partial charge in [-0.25, -0.2) is 0 Å². The van der Waals surface area contributed by atoms with Crippen molar-refractivity contribution >= 4 is 76.9 Å². The Balaban J connectivity index is 1.72. The van der Waals surface area contributed by atoms with Crippen LogP contribution in [0, 0.1) is 6.92 Å². The molecule has 0 radical (unpaired) electrons. The third-order valence-corrected chi connectivity index (χ3v) is 10.8. The number of methoxy groups -OCH3 is 1. The van der Waals surface area contributed by atoms with Crippen molar-refractivity contribution in [3.63, 3.8) is 0 Å². The van der Waals surface area contributed by atoms with Gasteiger partial charge in [0.05, 0.1) is 29.3 Å². The molecule has 0 saturated carbocycles. The lowest BCUT2D eigenvalue weighted by molar-refractivity contribution is -0.669. The lowest BCUT2D eigenvalue weighted by Crippen LogP contribution is -2.35. The van der Waals surface area contributed by atoms with Gasteiger partial charge in [0.1, 0.15) is 10.4 Å². The number of nitrogens with zero attached hydrogens (tertiary/aromatic N) is 2. The molecule has 0 unspecified atom stereocenters. The highest BCUT2D eigenvalue weighted by Crippen LogP contribution is 2.47. The maximum atomic E-state index is 11.4. The highest BCUT2D eigenvalue weighted by molar-refractivity contribution is 8.03. The average molecular weight is 674 g/mol. The first-order valence-corrected chi connectivity index (χ1v) is 18.6. The molecule has 0 spiro atoms. The quantitative estimate of drug-likeness (QED) is 0.121. The molecular weight excluding hydrogens is 640 g/mol. The number of aromatic nitrogens is 1. The average Bonchev–Trinajstić information content (AvgIpc) is 3.40. The third-order valence-electron chi connectivity index (χ3n) is 6.78. The summed E-state index contributed by atoms with van der Waals surface area (Å²) in [5, 5.41) is 2.49. The summed E-state index contributed by atoms with van der Waals surface area (Å²) in [6.45, 7) is 5.00. The summed E-state index contributed by atoms with van der Waals surface area (Å²) >= 11 is 9.48. The number of fused-ring (bicyclic) bond motifs is 2. The topological polar surface area (TPSA) is 125 Å². The summed E-state index contributed by atoms with van der Waals surface area (Å²) in [7, 11) is -6.46. The van der Waals surface area contributed by atoms with Crippen molar-refractivity contribution in [2.45, 2.75) is 51.0 Å². The number of thioether (sulfide) groups is 1. The van der Waals surface area contributed by atoms with Crippen LogP contribution in [-0.2, 0) is 26.8 Å². The summed E-state index contributed by atoms with van der Waals surface area (Å²) in [6.07, 6.45) is 6.08. The number of allylic oxidation sites excluding steroid dienone is 2. The molecule has 9 nitrogen and oxygen atoms in total. The van der Waals surface area contributed by atoms with E-state index in [1.54, 1.807) is 30.2 Å². The Bertz CT molecular complexity index is 1750. The first-order chi connectivity index (χ1) is 19.8. The van der Waals surface area contributed by atoms with E-state index in [9.17, 15) is 21.4 Å². The normalized spacial score (nSPS) is 15.1. The van der Waals surface area contributed by atoms with Crippen molar-refractivity contribution in [1.29, 1.82) is 0 Å². The number of halogens is 1. The molecule has 0 aliphatic carbocycles. The molecule has 2 N–H and O–H groups in total. The van der Waals surface area contributed by atoms with Crippen LogP contribution in [-0.4, -0.2) is 51.1 Å². The van der Waals surface area contributed by atoms with Crippen molar-refractivity contribution in [2.75, 3.05) is 30.1 Å². The maximum Gasteiger partial charge on any atom is 0.264 e. The molecule has 3 aromatic rings. The Kier molecular flexibility index (Phi) is 10.7. The van der Waals surface area contributed by atoms with Crippen LogP contribution < -0.4 is 14.2 Å². The van der Waals surface area contributed by atoms with Gasteiger partial charge >= 0.3 is 0 Å². The van der Waals surface area contributed by atoms with E-state index in [2.05, 4.69) is 29.7 Å². The highest BCUT2D eigenvalue weighted by Gasteiger charge is 2.27. The van der Waals surface area contributed by atoms with E-state index >= 15 is 0 Å². The van der Waals surface area contributed by atoms with Crippen molar-refractivity contribution in [3.8, 4) is 5.75 Å². The van der Waals surface area contributed by atoms with Crippen molar-refractivity contribution in [3.05, 3.63) is 62.6 Å². The van der Waals surface area contributed by atoms with Crippen LogP contribution in [0.4, 0.5) is 5.69 Å². The minimum absolute atomic E-state index is 0.245. The molecule has 228 valence electrons. The number of ether oxygens (including phenoxy) is 1. The van der Waals surface area contributed by atoms with E-state index < -0.39 is 20.2 Å². The molecule has 0 fully saturated rings. The van der Waals surface area contributed by atoms with Crippen LogP contribution in [0.15, 0.2) is 51.9 Å². The highest BCUT2D eigenvalue weighted by atomic mass is 35.5. The summed E-state index contributed by atoms with van der Waals surface area (Å²) in [6, 6.07) is 9.70. The number of hydrogen-bond acceptors (Lipinski definition) is 8. The number of aryl methyl sites for hydroxylation is 2. The van der Waals surface area contributed by atoms with Gasteiger partial charge < -0.3 is 9.64 Å². The van der Waals surface area contributed by atoms with Crippen molar-refractivity contribution in [2.24, 2.45) is 0 Å². The number of anilines is 1. The number of unbranched alkanes of at least 4 members (excludes halogenated alkanes) is 1. The zero-order chi connectivity index (χ0) is 30.7. The fourth-order valence-electron chi connectivity index (χ4n) is 4.73. The van der Waals surface area contributed by atoms with E-state index in [1.165, 1.54) is 0 Å². The predicted molar refractivity (Wildman–Crippen MR) is 171 cm³/mol. The largest absolute Gasteiger partial charge is 0.496 e.